The molecule has 0 saturated heterocycles. The summed E-state index contributed by atoms with van der Waals surface area (Å²) in [6.07, 6.45) is 0.496. The molecular formula is C14H21BrN2O2. The minimum atomic E-state index is 0.0816. The van der Waals surface area contributed by atoms with E-state index >= 15 is 0 Å². The molecule has 0 aliphatic carbocycles. The van der Waals surface area contributed by atoms with Crippen molar-refractivity contribution < 1.29 is 9.53 Å². The van der Waals surface area contributed by atoms with Gasteiger partial charge in [-0.15, -0.1) is 0 Å². The van der Waals surface area contributed by atoms with Gasteiger partial charge in [0.2, 0.25) is 5.91 Å². The van der Waals surface area contributed by atoms with Crippen molar-refractivity contribution in [3.63, 3.8) is 0 Å². The minimum Gasteiger partial charge on any atom is -0.496 e. The van der Waals surface area contributed by atoms with Crippen molar-refractivity contribution in [2.24, 2.45) is 0 Å². The zero-order valence-corrected chi connectivity index (χ0v) is 13.2. The lowest BCUT2D eigenvalue weighted by molar-refractivity contribution is -0.120. The van der Waals surface area contributed by atoms with Crippen molar-refractivity contribution >= 4 is 21.8 Å². The van der Waals surface area contributed by atoms with Crippen LogP contribution in [0.4, 0.5) is 0 Å². The van der Waals surface area contributed by atoms with Crippen LogP contribution in [-0.4, -0.2) is 26.1 Å². The van der Waals surface area contributed by atoms with Crippen LogP contribution in [0, 0.1) is 0 Å². The van der Waals surface area contributed by atoms with Crippen LogP contribution in [0.2, 0.25) is 0 Å². The first-order valence-corrected chi connectivity index (χ1v) is 7.21. The molecule has 0 aliphatic rings. The molecule has 0 heterocycles. The van der Waals surface area contributed by atoms with E-state index in [1.54, 1.807) is 7.11 Å². The molecule has 106 valence electrons. The highest BCUT2D eigenvalue weighted by molar-refractivity contribution is 9.10. The van der Waals surface area contributed by atoms with Crippen LogP contribution in [0.25, 0.3) is 0 Å². The number of rotatable bonds is 7. The van der Waals surface area contributed by atoms with Gasteiger partial charge in [0.1, 0.15) is 5.75 Å². The van der Waals surface area contributed by atoms with Gasteiger partial charge in [-0.1, -0.05) is 6.07 Å². The van der Waals surface area contributed by atoms with Crippen LogP contribution in [0.5, 0.6) is 5.75 Å². The van der Waals surface area contributed by atoms with E-state index in [1.807, 2.05) is 25.1 Å². The molecule has 0 spiro atoms. The highest BCUT2D eigenvalue weighted by Gasteiger charge is 2.08. The van der Waals surface area contributed by atoms with E-state index in [1.165, 1.54) is 0 Å². The Morgan fingerprint density at radius 2 is 2.21 bits per heavy atom. The number of halogens is 1. The van der Waals surface area contributed by atoms with Gasteiger partial charge < -0.3 is 15.4 Å². The van der Waals surface area contributed by atoms with E-state index in [-0.39, 0.29) is 11.9 Å². The van der Waals surface area contributed by atoms with Crippen molar-refractivity contribution in [2.75, 3.05) is 20.2 Å². The number of carbonyl (C=O) groups excluding carboxylic acids is 1. The van der Waals surface area contributed by atoms with Gasteiger partial charge in [0.05, 0.1) is 11.6 Å². The summed E-state index contributed by atoms with van der Waals surface area (Å²) < 4.78 is 6.13. The van der Waals surface area contributed by atoms with Crippen LogP contribution in [0.15, 0.2) is 22.7 Å². The number of hydrogen-bond acceptors (Lipinski definition) is 3. The number of carbonyl (C=O) groups is 1. The fourth-order valence-electron chi connectivity index (χ4n) is 1.76. The first kappa shape index (κ1) is 16.0. The lowest BCUT2D eigenvalue weighted by Crippen LogP contribution is -2.28. The Morgan fingerprint density at radius 1 is 1.47 bits per heavy atom. The van der Waals surface area contributed by atoms with Crippen LogP contribution < -0.4 is 15.4 Å². The summed E-state index contributed by atoms with van der Waals surface area (Å²) in [6, 6.07) is 6.17. The van der Waals surface area contributed by atoms with Gasteiger partial charge in [-0.25, -0.2) is 0 Å². The van der Waals surface area contributed by atoms with Crippen LogP contribution in [0.3, 0.4) is 0 Å². The topological polar surface area (TPSA) is 50.4 Å². The maximum atomic E-state index is 11.3. The first-order valence-electron chi connectivity index (χ1n) is 6.42. The third kappa shape index (κ3) is 5.20. The SMILES string of the molecule is CCNC(=O)CCNC(C)c1ccc(OC)c(Br)c1. The molecule has 1 atom stereocenters. The number of amides is 1. The molecule has 1 amide bonds. The van der Waals surface area contributed by atoms with E-state index in [9.17, 15) is 4.79 Å². The quantitative estimate of drug-likeness (QED) is 0.809. The van der Waals surface area contributed by atoms with Gasteiger partial charge in [-0.3, -0.25) is 4.79 Å². The number of methoxy groups -OCH3 is 1. The second-order valence-electron chi connectivity index (χ2n) is 4.27. The van der Waals surface area contributed by atoms with Crippen LogP contribution >= 0.6 is 15.9 Å². The second-order valence-corrected chi connectivity index (χ2v) is 5.13. The molecule has 4 nitrogen and oxygen atoms in total. The second kappa shape index (κ2) is 8.17. The van der Waals surface area contributed by atoms with E-state index in [2.05, 4.69) is 33.5 Å². The lowest BCUT2D eigenvalue weighted by atomic mass is 10.1. The standard InChI is InChI=1S/C14H21BrN2O2/c1-4-16-14(18)7-8-17-10(2)11-5-6-13(19-3)12(15)9-11/h5-6,9-10,17H,4,7-8H2,1-3H3,(H,16,18). The van der Waals surface area contributed by atoms with Gasteiger partial charge in [-0.05, 0) is 47.5 Å². The zero-order chi connectivity index (χ0) is 14.3. The van der Waals surface area contributed by atoms with E-state index in [4.69, 9.17) is 4.74 Å². The molecule has 0 bridgehead atoms. The molecule has 0 aliphatic heterocycles. The number of hydrogen-bond donors (Lipinski definition) is 2. The van der Waals surface area contributed by atoms with Gasteiger partial charge >= 0.3 is 0 Å². The summed E-state index contributed by atoms with van der Waals surface area (Å²) in [7, 11) is 1.65. The number of benzene rings is 1. The molecule has 1 unspecified atom stereocenters. The summed E-state index contributed by atoms with van der Waals surface area (Å²) in [5, 5.41) is 6.11. The van der Waals surface area contributed by atoms with Gasteiger partial charge in [0.15, 0.2) is 0 Å². The number of ether oxygens (including phenoxy) is 1. The molecule has 2 N–H and O–H groups in total. The molecule has 19 heavy (non-hydrogen) atoms. The van der Waals surface area contributed by atoms with Crippen molar-refractivity contribution in [1.29, 1.82) is 0 Å². The monoisotopic (exact) mass is 328 g/mol. The molecule has 1 rings (SSSR count). The van der Waals surface area contributed by atoms with Crippen molar-refractivity contribution in [2.45, 2.75) is 26.3 Å². The van der Waals surface area contributed by atoms with E-state index in [0.29, 0.717) is 19.5 Å². The highest BCUT2D eigenvalue weighted by Crippen LogP contribution is 2.27. The predicted octanol–water partition coefficient (Wildman–Crippen LogP) is 2.63. The summed E-state index contributed by atoms with van der Waals surface area (Å²) in [5.41, 5.74) is 1.16. The largest absolute Gasteiger partial charge is 0.496 e. The molecule has 0 radical (unpaired) electrons. The Balaban J connectivity index is 2.47. The van der Waals surface area contributed by atoms with E-state index < -0.39 is 0 Å². The summed E-state index contributed by atoms with van der Waals surface area (Å²) in [4.78, 5) is 11.3. The lowest BCUT2D eigenvalue weighted by Gasteiger charge is -2.15. The summed E-state index contributed by atoms with van der Waals surface area (Å²) in [5.74, 6) is 0.899. The first-order chi connectivity index (χ1) is 9.08. The molecule has 1 aromatic carbocycles. The average molecular weight is 329 g/mol. The average Bonchev–Trinajstić information content (AvgIpc) is 2.38. The Labute approximate surface area is 123 Å². The third-order valence-electron chi connectivity index (χ3n) is 2.85. The fourth-order valence-corrected chi connectivity index (χ4v) is 2.32. The Kier molecular flexibility index (Phi) is 6.87. The minimum absolute atomic E-state index is 0.0816. The Hall–Kier alpha value is -1.07. The molecule has 0 saturated carbocycles. The normalized spacial score (nSPS) is 12.0. The highest BCUT2D eigenvalue weighted by atomic mass is 79.9. The molecule has 0 aromatic heterocycles. The smallest absolute Gasteiger partial charge is 0.221 e. The maximum absolute atomic E-state index is 11.3. The van der Waals surface area contributed by atoms with Crippen molar-refractivity contribution in [1.82, 2.24) is 10.6 Å². The van der Waals surface area contributed by atoms with E-state index in [0.717, 1.165) is 15.8 Å². The fraction of sp³-hybridized carbons (Fsp3) is 0.500. The van der Waals surface area contributed by atoms with Crippen LogP contribution in [0.1, 0.15) is 31.9 Å². The molecule has 1 aromatic rings. The number of nitrogens with one attached hydrogen (secondary N) is 2. The van der Waals surface area contributed by atoms with Crippen molar-refractivity contribution in [3.05, 3.63) is 28.2 Å². The Morgan fingerprint density at radius 3 is 2.79 bits per heavy atom. The van der Waals surface area contributed by atoms with Crippen molar-refractivity contribution in [3.8, 4) is 5.75 Å². The molecule has 0 fully saturated rings. The summed E-state index contributed by atoms with van der Waals surface area (Å²) >= 11 is 3.47. The van der Waals surface area contributed by atoms with Gasteiger partial charge in [0.25, 0.3) is 0 Å². The maximum Gasteiger partial charge on any atom is 0.221 e. The molecule has 5 heteroatoms. The predicted molar refractivity (Wildman–Crippen MR) is 80.4 cm³/mol. The Bertz CT molecular complexity index is 424. The van der Waals surface area contributed by atoms with Crippen LogP contribution in [-0.2, 0) is 4.79 Å². The zero-order valence-electron chi connectivity index (χ0n) is 11.6. The third-order valence-corrected chi connectivity index (χ3v) is 3.47. The summed E-state index contributed by atoms with van der Waals surface area (Å²) in [6.45, 7) is 5.34. The molecular weight excluding hydrogens is 308 g/mol. The van der Waals surface area contributed by atoms with Gasteiger partial charge in [-0.2, -0.15) is 0 Å². The van der Waals surface area contributed by atoms with Gasteiger partial charge in [0, 0.05) is 25.6 Å².